The van der Waals surface area contributed by atoms with Crippen molar-refractivity contribution in [3.8, 4) is 0 Å². The van der Waals surface area contributed by atoms with E-state index in [2.05, 4.69) is 0 Å². The standard InChI is InChI=1S/C6H4F3NS/c7-5-1-3-6(4-2-5)11(8,9)10/h1-4H. The van der Waals surface area contributed by atoms with Crippen molar-refractivity contribution >= 4 is 10.4 Å². The van der Waals surface area contributed by atoms with Gasteiger partial charge in [0.15, 0.2) is 0 Å². The van der Waals surface area contributed by atoms with Gasteiger partial charge in [0.1, 0.15) is 5.82 Å². The van der Waals surface area contributed by atoms with Crippen LogP contribution in [0.1, 0.15) is 0 Å². The maximum absolute atomic E-state index is 12.2. The van der Waals surface area contributed by atoms with E-state index in [-0.39, 0.29) is 0 Å². The van der Waals surface area contributed by atoms with E-state index in [9.17, 15) is 12.2 Å². The van der Waals surface area contributed by atoms with Crippen molar-refractivity contribution in [3.63, 3.8) is 0 Å². The summed E-state index contributed by atoms with van der Waals surface area (Å²) < 4.78 is 44.6. The molecular weight excluding hydrogens is 175 g/mol. The largest absolute Gasteiger partial charge is 0.261 e. The van der Waals surface area contributed by atoms with Gasteiger partial charge in [0.2, 0.25) is 0 Å². The minimum atomic E-state index is -4.69. The first-order valence-electron chi connectivity index (χ1n) is 2.71. The minimum Gasteiger partial charge on any atom is -0.207 e. The molecule has 0 bridgehead atoms. The number of rotatable bonds is 0. The molecule has 0 unspecified atom stereocenters. The molecule has 0 atom stereocenters. The van der Waals surface area contributed by atoms with Crippen LogP contribution in [0.3, 0.4) is 0 Å². The Balaban J connectivity index is 3.13. The van der Waals surface area contributed by atoms with E-state index < -0.39 is 21.1 Å². The van der Waals surface area contributed by atoms with E-state index in [1.807, 2.05) is 0 Å². The minimum absolute atomic E-state index is 0.529. The van der Waals surface area contributed by atoms with Crippen molar-refractivity contribution in [2.24, 2.45) is 0 Å². The van der Waals surface area contributed by atoms with Gasteiger partial charge in [-0.1, -0.05) is 0 Å². The van der Waals surface area contributed by atoms with Gasteiger partial charge in [-0.3, -0.25) is 0 Å². The second-order valence-corrected chi connectivity index (χ2v) is 3.25. The Morgan fingerprint density at radius 1 is 1.09 bits per heavy atom. The fraction of sp³-hybridized carbons (Fsp3) is 0. The lowest BCUT2D eigenvalue weighted by Gasteiger charge is -1.97. The normalized spacial score (nSPS) is 11.5. The second-order valence-electron chi connectivity index (χ2n) is 1.90. The molecule has 0 N–H and O–H groups in total. The maximum atomic E-state index is 12.2. The molecule has 0 aliphatic rings. The van der Waals surface area contributed by atoms with Gasteiger partial charge in [-0.2, -0.15) is 4.61 Å². The third-order valence-corrected chi connectivity index (χ3v) is 1.94. The quantitative estimate of drug-likeness (QED) is 0.599. The molecule has 1 aromatic carbocycles. The van der Waals surface area contributed by atoms with Crippen LogP contribution in [0.4, 0.5) is 12.2 Å². The molecule has 1 nitrogen and oxygen atoms in total. The lowest BCUT2D eigenvalue weighted by molar-refractivity contribution is 0.626. The van der Waals surface area contributed by atoms with Crippen molar-refractivity contribution in [1.82, 2.24) is 0 Å². The molecule has 0 heterocycles. The molecule has 5 heteroatoms. The third-order valence-electron chi connectivity index (χ3n) is 1.10. The smallest absolute Gasteiger partial charge is 0.207 e. The summed E-state index contributed by atoms with van der Waals surface area (Å²) in [5, 5.41) is 0. The van der Waals surface area contributed by atoms with Crippen LogP contribution in [0.15, 0.2) is 29.2 Å². The van der Waals surface area contributed by atoms with Crippen LogP contribution in [-0.4, -0.2) is 0 Å². The molecule has 11 heavy (non-hydrogen) atoms. The van der Waals surface area contributed by atoms with Crippen LogP contribution in [0.25, 0.3) is 0 Å². The molecule has 0 aromatic heterocycles. The van der Waals surface area contributed by atoms with Crippen LogP contribution < -0.4 is 0 Å². The average molecular weight is 179 g/mol. The van der Waals surface area contributed by atoms with Crippen molar-refractivity contribution in [1.29, 1.82) is 4.61 Å². The van der Waals surface area contributed by atoms with Crippen LogP contribution in [0, 0.1) is 10.4 Å². The topological polar surface area (TPSA) is 23.8 Å². The molecule has 0 spiro atoms. The van der Waals surface area contributed by atoms with E-state index in [0.717, 1.165) is 24.3 Å². The summed E-state index contributed by atoms with van der Waals surface area (Å²) in [5.74, 6) is -0.600. The van der Waals surface area contributed by atoms with Gasteiger partial charge >= 0.3 is 0 Å². The average Bonchev–Trinajstić information content (AvgIpc) is 1.86. The van der Waals surface area contributed by atoms with E-state index in [1.165, 1.54) is 0 Å². The molecule has 0 aliphatic heterocycles. The number of hydrogen-bond acceptors (Lipinski definition) is 1. The number of nitrogens with zero attached hydrogens (tertiary/aromatic N) is 1. The first-order valence-corrected chi connectivity index (χ1v) is 4.10. The summed E-state index contributed by atoms with van der Waals surface area (Å²) in [6, 6.07) is 3.49. The third kappa shape index (κ3) is 2.00. The van der Waals surface area contributed by atoms with Crippen LogP contribution in [0.5, 0.6) is 0 Å². The van der Waals surface area contributed by atoms with Crippen LogP contribution in [-0.2, 0) is 0 Å². The lowest BCUT2D eigenvalue weighted by Crippen LogP contribution is -1.75. The van der Waals surface area contributed by atoms with E-state index >= 15 is 0 Å². The van der Waals surface area contributed by atoms with E-state index in [1.54, 1.807) is 0 Å². The van der Waals surface area contributed by atoms with Crippen molar-refractivity contribution < 1.29 is 12.2 Å². The molecule has 0 fully saturated rings. The first-order chi connectivity index (χ1) is 5.00. The highest BCUT2D eigenvalue weighted by Crippen LogP contribution is 2.44. The Kier molecular flexibility index (Phi) is 1.93. The maximum Gasteiger partial charge on any atom is 0.261 e. The molecule has 1 aromatic rings. The predicted molar refractivity (Wildman–Crippen MR) is 36.2 cm³/mol. The highest BCUT2D eigenvalue weighted by molar-refractivity contribution is 8.12. The molecule has 60 valence electrons. The fourth-order valence-electron chi connectivity index (χ4n) is 0.598. The highest BCUT2D eigenvalue weighted by Gasteiger charge is 2.12. The summed E-state index contributed by atoms with van der Waals surface area (Å²) in [5.41, 5.74) is 0. The second kappa shape index (κ2) is 2.60. The Morgan fingerprint density at radius 3 is 1.91 bits per heavy atom. The predicted octanol–water partition coefficient (Wildman–Crippen LogP) is 3.24. The van der Waals surface area contributed by atoms with Crippen molar-refractivity contribution in [2.45, 2.75) is 4.90 Å². The van der Waals surface area contributed by atoms with Gasteiger partial charge in [0.25, 0.3) is 10.4 Å². The van der Waals surface area contributed by atoms with Crippen LogP contribution in [0.2, 0.25) is 0 Å². The Morgan fingerprint density at radius 2 is 1.55 bits per heavy atom. The number of hydrogen-bond donors (Lipinski definition) is 0. The molecule has 1 rings (SSSR count). The zero-order valence-corrected chi connectivity index (χ0v) is 6.12. The Labute approximate surface area is 63.0 Å². The Hall–Kier alpha value is -0.930. The molecule has 0 amide bonds. The van der Waals surface area contributed by atoms with Gasteiger partial charge in [-0.25, -0.2) is 4.39 Å². The van der Waals surface area contributed by atoms with Crippen molar-refractivity contribution in [3.05, 3.63) is 30.1 Å². The van der Waals surface area contributed by atoms with Gasteiger partial charge < -0.3 is 0 Å². The number of benzene rings is 1. The molecule has 0 aliphatic carbocycles. The van der Waals surface area contributed by atoms with Crippen LogP contribution >= 0.6 is 10.4 Å². The summed E-state index contributed by atoms with van der Waals surface area (Å²) in [4.78, 5) is -0.529. The SMILES string of the molecule is N#S(F)(F)c1ccc(F)cc1. The summed E-state index contributed by atoms with van der Waals surface area (Å²) in [7, 11) is -4.69. The van der Waals surface area contributed by atoms with E-state index in [4.69, 9.17) is 4.61 Å². The highest BCUT2D eigenvalue weighted by atomic mass is 32.3. The number of halogens is 3. The zero-order valence-electron chi connectivity index (χ0n) is 5.30. The Bertz CT molecular complexity index is 340. The van der Waals surface area contributed by atoms with Gasteiger partial charge in [-0.15, -0.1) is 7.77 Å². The van der Waals surface area contributed by atoms with Gasteiger partial charge in [0.05, 0.1) is 4.90 Å². The summed E-state index contributed by atoms with van der Waals surface area (Å²) in [6.45, 7) is 0. The zero-order chi connectivity index (χ0) is 8.48. The molecule has 0 radical (unpaired) electrons. The van der Waals surface area contributed by atoms with E-state index in [0.29, 0.717) is 0 Å². The molecule has 0 saturated carbocycles. The summed E-state index contributed by atoms with van der Waals surface area (Å²) in [6.07, 6.45) is 0. The van der Waals surface area contributed by atoms with Crippen molar-refractivity contribution in [2.75, 3.05) is 0 Å². The molecule has 0 saturated heterocycles. The fourth-order valence-corrected chi connectivity index (χ4v) is 1.06. The van der Waals surface area contributed by atoms with Gasteiger partial charge in [-0.05, 0) is 24.3 Å². The molecular formula is C6H4F3NS. The summed E-state index contributed by atoms with van der Waals surface area (Å²) >= 11 is 0. The lowest BCUT2D eigenvalue weighted by atomic mass is 10.4. The first kappa shape index (κ1) is 8.17. The monoisotopic (exact) mass is 179 g/mol. The van der Waals surface area contributed by atoms with Gasteiger partial charge in [0, 0.05) is 0 Å².